The lowest BCUT2D eigenvalue weighted by molar-refractivity contribution is -0.274. The van der Waals surface area contributed by atoms with Gasteiger partial charge < -0.3 is 4.74 Å². The minimum atomic E-state index is -4.78. The Hall–Kier alpha value is -3.09. The zero-order valence-corrected chi connectivity index (χ0v) is 13.5. The monoisotopic (exact) mass is 363 g/mol. The van der Waals surface area contributed by atoms with Gasteiger partial charge in [0.25, 0.3) is 5.56 Å². The summed E-state index contributed by atoms with van der Waals surface area (Å²) in [6.07, 6.45) is -3.25. The first kappa shape index (κ1) is 17.7. The minimum Gasteiger partial charge on any atom is -0.406 e. The predicted octanol–water partition coefficient (Wildman–Crippen LogP) is 4.85. The smallest absolute Gasteiger partial charge is 0.406 e. The number of ether oxygens (including phenoxy) is 1. The van der Waals surface area contributed by atoms with E-state index in [-0.39, 0.29) is 11.3 Å². The molecule has 134 valence electrons. The van der Waals surface area contributed by atoms with Gasteiger partial charge in [0.15, 0.2) is 0 Å². The lowest BCUT2D eigenvalue weighted by atomic mass is 10.0. The highest BCUT2D eigenvalue weighted by molar-refractivity contribution is 5.66. The minimum absolute atomic E-state index is 0.354. The standard InChI is InChI=1S/C19H13F4NO2/c1-12-9-18(25)24(11-17(12)13-3-2-4-14(20)10-13)15-5-7-16(8-6-15)26-19(21,22)23/h2-11H,1H3. The quantitative estimate of drug-likeness (QED) is 0.623. The van der Waals surface area contributed by atoms with Crippen LogP contribution in [0.5, 0.6) is 5.75 Å². The second-order valence-electron chi connectivity index (χ2n) is 5.63. The molecule has 26 heavy (non-hydrogen) atoms. The third-order valence-electron chi connectivity index (χ3n) is 3.74. The molecule has 0 fully saturated rings. The summed E-state index contributed by atoms with van der Waals surface area (Å²) in [4.78, 5) is 12.3. The molecule has 0 saturated carbocycles. The van der Waals surface area contributed by atoms with E-state index in [4.69, 9.17) is 0 Å². The Bertz CT molecular complexity index is 992. The van der Waals surface area contributed by atoms with Gasteiger partial charge in [-0.3, -0.25) is 9.36 Å². The Labute approximate surface area is 146 Å². The van der Waals surface area contributed by atoms with Gasteiger partial charge in [-0.1, -0.05) is 12.1 Å². The van der Waals surface area contributed by atoms with Crippen molar-refractivity contribution in [3.8, 4) is 22.6 Å². The molecule has 0 unspecified atom stereocenters. The number of benzene rings is 2. The summed E-state index contributed by atoms with van der Waals surface area (Å²) >= 11 is 0. The van der Waals surface area contributed by atoms with Crippen LogP contribution in [0.2, 0.25) is 0 Å². The number of aryl methyl sites for hydroxylation is 1. The molecule has 0 amide bonds. The zero-order chi connectivity index (χ0) is 18.9. The predicted molar refractivity (Wildman–Crippen MR) is 88.9 cm³/mol. The van der Waals surface area contributed by atoms with Crippen LogP contribution in [0, 0.1) is 12.7 Å². The summed E-state index contributed by atoms with van der Waals surface area (Å²) in [6, 6.07) is 12.2. The van der Waals surface area contributed by atoms with Crippen LogP contribution in [0.1, 0.15) is 5.56 Å². The van der Waals surface area contributed by atoms with Crippen molar-refractivity contribution in [3.63, 3.8) is 0 Å². The van der Waals surface area contributed by atoms with E-state index in [1.807, 2.05) is 0 Å². The Morgan fingerprint density at radius 3 is 2.31 bits per heavy atom. The molecule has 3 nitrogen and oxygen atoms in total. The number of hydrogen-bond acceptors (Lipinski definition) is 2. The van der Waals surface area contributed by atoms with Crippen LogP contribution in [-0.4, -0.2) is 10.9 Å². The van der Waals surface area contributed by atoms with E-state index in [1.54, 1.807) is 19.1 Å². The van der Waals surface area contributed by atoms with E-state index in [2.05, 4.69) is 4.74 Å². The molecule has 3 aromatic rings. The van der Waals surface area contributed by atoms with E-state index < -0.39 is 12.2 Å². The van der Waals surface area contributed by atoms with Gasteiger partial charge in [-0.2, -0.15) is 0 Å². The SMILES string of the molecule is Cc1cc(=O)n(-c2ccc(OC(F)(F)F)cc2)cc1-c1cccc(F)c1. The van der Waals surface area contributed by atoms with Crippen LogP contribution >= 0.6 is 0 Å². The molecule has 7 heteroatoms. The number of rotatable bonds is 3. The summed E-state index contributed by atoms with van der Waals surface area (Å²) in [5.74, 6) is -0.792. The average molecular weight is 363 g/mol. The van der Waals surface area contributed by atoms with Crippen LogP contribution in [0.3, 0.4) is 0 Å². The van der Waals surface area contributed by atoms with E-state index in [9.17, 15) is 22.4 Å². The van der Waals surface area contributed by atoms with Crippen molar-refractivity contribution in [2.75, 3.05) is 0 Å². The molecular formula is C19H13F4NO2. The first-order valence-corrected chi connectivity index (χ1v) is 7.58. The van der Waals surface area contributed by atoms with Gasteiger partial charge in [-0.15, -0.1) is 13.2 Å². The van der Waals surface area contributed by atoms with Gasteiger partial charge >= 0.3 is 6.36 Å². The van der Waals surface area contributed by atoms with Crippen molar-refractivity contribution in [1.82, 2.24) is 4.57 Å². The maximum Gasteiger partial charge on any atom is 0.573 e. The molecule has 3 rings (SSSR count). The highest BCUT2D eigenvalue weighted by atomic mass is 19.4. The summed E-state index contributed by atoms with van der Waals surface area (Å²) in [5, 5.41) is 0. The fourth-order valence-electron chi connectivity index (χ4n) is 2.60. The van der Waals surface area contributed by atoms with Crippen LogP contribution in [-0.2, 0) is 0 Å². The van der Waals surface area contributed by atoms with E-state index in [1.165, 1.54) is 41.1 Å². The summed E-state index contributed by atoms with van der Waals surface area (Å²) in [5.41, 5.74) is 1.90. The number of pyridine rings is 1. The number of hydrogen-bond donors (Lipinski definition) is 0. The van der Waals surface area contributed by atoms with Crippen molar-refractivity contribution in [2.24, 2.45) is 0 Å². The van der Waals surface area contributed by atoms with Crippen molar-refractivity contribution >= 4 is 0 Å². The van der Waals surface area contributed by atoms with E-state index >= 15 is 0 Å². The van der Waals surface area contributed by atoms with Crippen molar-refractivity contribution < 1.29 is 22.3 Å². The maximum absolute atomic E-state index is 13.5. The lowest BCUT2D eigenvalue weighted by Gasteiger charge is -2.13. The molecule has 0 aliphatic rings. The fourth-order valence-corrected chi connectivity index (χ4v) is 2.60. The second kappa shape index (κ2) is 6.67. The summed E-state index contributed by atoms with van der Waals surface area (Å²) in [7, 11) is 0. The Kier molecular flexibility index (Phi) is 4.54. The van der Waals surface area contributed by atoms with E-state index in [0.29, 0.717) is 22.4 Å². The number of alkyl halides is 3. The largest absolute Gasteiger partial charge is 0.573 e. The summed E-state index contributed by atoms with van der Waals surface area (Å²) in [6.45, 7) is 1.73. The van der Waals surface area contributed by atoms with Crippen molar-refractivity contribution in [1.29, 1.82) is 0 Å². The third kappa shape index (κ3) is 3.93. The van der Waals surface area contributed by atoms with Gasteiger partial charge in [-0.25, -0.2) is 4.39 Å². The van der Waals surface area contributed by atoms with Crippen LogP contribution in [0.4, 0.5) is 17.6 Å². The molecule has 1 heterocycles. The van der Waals surface area contributed by atoms with Gasteiger partial charge in [0.1, 0.15) is 11.6 Å². The third-order valence-corrected chi connectivity index (χ3v) is 3.74. The fraction of sp³-hybridized carbons (Fsp3) is 0.105. The Morgan fingerprint density at radius 2 is 1.69 bits per heavy atom. The number of aromatic nitrogens is 1. The average Bonchev–Trinajstić information content (AvgIpc) is 2.54. The zero-order valence-electron chi connectivity index (χ0n) is 13.5. The molecule has 0 radical (unpaired) electrons. The Morgan fingerprint density at radius 1 is 1.00 bits per heavy atom. The van der Waals surface area contributed by atoms with Gasteiger partial charge in [0.2, 0.25) is 0 Å². The molecule has 0 bridgehead atoms. The highest BCUT2D eigenvalue weighted by Gasteiger charge is 2.31. The van der Waals surface area contributed by atoms with Crippen molar-refractivity contribution in [3.05, 3.63) is 82.5 Å². The van der Waals surface area contributed by atoms with Gasteiger partial charge in [-0.05, 0) is 54.4 Å². The maximum atomic E-state index is 13.5. The van der Waals surface area contributed by atoms with Crippen LogP contribution in [0.15, 0.2) is 65.6 Å². The number of nitrogens with zero attached hydrogens (tertiary/aromatic N) is 1. The highest BCUT2D eigenvalue weighted by Crippen LogP contribution is 2.26. The van der Waals surface area contributed by atoms with Gasteiger partial charge in [0.05, 0.1) is 0 Å². The van der Waals surface area contributed by atoms with Crippen LogP contribution in [0.25, 0.3) is 16.8 Å². The molecule has 0 N–H and O–H groups in total. The molecule has 0 atom stereocenters. The van der Waals surface area contributed by atoms with Crippen LogP contribution < -0.4 is 10.3 Å². The molecule has 1 aromatic heterocycles. The lowest BCUT2D eigenvalue weighted by Crippen LogP contribution is -2.19. The Balaban J connectivity index is 2.03. The molecule has 0 saturated heterocycles. The first-order valence-electron chi connectivity index (χ1n) is 7.58. The summed E-state index contributed by atoms with van der Waals surface area (Å²) < 4.78 is 55.3. The van der Waals surface area contributed by atoms with E-state index in [0.717, 1.165) is 12.1 Å². The topological polar surface area (TPSA) is 31.2 Å². The molecule has 2 aromatic carbocycles. The number of halogens is 4. The molecule has 0 aliphatic carbocycles. The molecule has 0 spiro atoms. The molecular weight excluding hydrogens is 350 g/mol. The first-order chi connectivity index (χ1) is 12.2. The normalized spacial score (nSPS) is 11.4. The van der Waals surface area contributed by atoms with Gasteiger partial charge in [0, 0.05) is 23.5 Å². The van der Waals surface area contributed by atoms with Crippen molar-refractivity contribution in [2.45, 2.75) is 13.3 Å². The molecule has 0 aliphatic heterocycles. The second-order valence-corrected chi connectivity index (χ2v) is 5.63.